The topological polar surface area (TPSA) is 55.6 Å². The number of unbranched alkanes of at least 4 members (excludes halogenated alkanes) is 1. The first-order valence-electron chi connectivity index (χ1n) is 6.42. The summed E-state index contributed by atoms with van der Waals surface area (Å²) in [5.74, 6) is 0.727. The highest BCUT2D eigenvalue weighted by Crippen LogP contribution is 2.33. The lowest BCUT2D eigenvalue weighted by molar-refractivity contribution is -0.120. The maximum absolute atomic E-state index is 11.6. The first kappa shape index (κ1) is 12.9. The van der Waals surface area contributed by atoms with Gasteiger partial charge in [-0.15, -0.1) is 0 Å². The van der Waals surface area contributed by atoms with E-state index in [9.17, 15) is 4.79 Å². The average molecular weight is 248 g/mol. The molecule has 0 aliphatic carbocycles. The molecule has 0 bridgehead atoms. The third kappa shape index (κ3) is 2.48. The van der Waals surface area contributed by atoms with Crippen molar-refractivity contribution in [2.24, 2.45) is 5.73 Å². The second kappa shape index (κ2) is 5.40. The van der Waals surface area contributed by atoms with Crippen molar-refractivity contribution in [3.63, 3.8) is 0 Å². The van der Waals surface area contributed by atoms with Gasteiger partial charge in [-0.05, 0) is 24.1 Å². The second-order valence-corrected chi connectivity index (χ2v) is 4.72. The Bertz CT molecular complexity index is 445. The van der Waals surface area contributed by atoms with Gasteiger partial charge in [-0.25, -0.2) is 0 Å². The number of hydrogen-bond donors (Lipinski definition) is 1. The minimum absolute atomic E-state index is 0.0261. The third-order valence-electron chi connectivity index (χ3n) is 3.37. The quantitative estimate of drug-likeness (QED) is 0.889. The molecule has 0 aromatic heterocycles. The molecule has 1 aliphatic heterocycles. The van der Waals surface area contributed by atoms with Gasteiger partial charge in [0.15, 0.2) is 6.61 Å². The Labute approximate surface area is 108 Å². The highest BCUT2D eigenvalue weighted by atomic mass is 16.5. The number of amides is 1. The van der Waals surface area contributed by atoms with Crippen LogP contribution in [0.5, 0.6) is 5.75 Å². The van der Waals surface area contributed by atoms with E-state index >= 15 is 0 Å². The molecule has 1 aliphatic rings. The first-order chi connectivity index (χ1) is 8.63. The molecule has 0 radical (unpaired) electrons. The molecule has 0 saturated heterocycles. The lowest BCUT2D eigenvalue weighted by Gasteiger charge is -2.27. The molecule has 4 heteroatoms. The van der Waals surface area contributed by atoms with E-state index in [0.717, 1.165) is 36.3 Å². The molecule has 1 unspecified atom stereocenters. The van der Waals surface area contributed by atoms with Crippen LogP contribution in [0.15, 0.2) is 18.2 Å². The molecule has 2 N–H and O–H groups in total. The van der Waals surface area contributed by atoms with Crippen LogP contribution in [0.3, 0.4) is 0 Å². The van der Waals surface area contributed by atoms with Crippen LogP contribution in [0.1, 0.15) is 37.8 Å². The molecule has 0 saturated carbocycles. The number of hydrogen-bond acceptors (Lipinski definition) is 3. The molecule has 1 aromatic rings. The van der Waals surface area contributed by atoms with Crippen LogP contribution in [0.2, 0.25) is 0 Å². The zero-order valence-electron chi connectivity index (χ0n) is 11.0. The number of likely N-dealkylation sites (N-methyl/N-ethyl adjacent to an activating group) is 1. The lowest BCUT2D eigenvalue weighted by atomic mass is 10.0. The first-order valence-corrected chi connectivity index (χ1v) is 6.42. The van der Waals surface area contributed by atoms with Gasteiger partial charge in [-0.1, -0.05) is 25.8 Å². The van der Waals surface area contributed by atoms with Gasteiger partial charge in [0, 0.05) is 13.1 Å². The van der Waals surface area contributed by atoms with E-state index in [-0.39, 0.29) is 18.6 Å². The van der Waals surface area contributed by atoms with Gasteiger partial charge in [0.05, 0.1) is 5.69 Å². The van der Waals surface area contributed by atoms with Crippen LogP contribution >= 0.6 is 0 Å². The zero-order chi connectivity index (χ0) is 13.1. The predicted octanol–water partition coefficient (Wildman–Crippen LogP) is 2.23. The van der Waals surface area contributed by atoms with Gasteiger partial charge in [0.1, 0.15) is 5.75 Å². The zero-order valence-corrected chi connectivity index (χ0v) is 11.0. The summed E-state index contributed by atoms with van der Waals surface area (Å²) in [4.78, 5) is 13.2. The Morgan fingerprint density at radius 1 is 1.50 bits per heavy atom. The van der Waals surface area contributed by atoms with E-state index in [1.165, 1.54) is 0 Å². The fraction of sp³-hybridized carbons (Fsp3) is 0.500. The van der Waals surface area contributed by atoms with Crippen molar-refractivity contribution >= 4 is 11.6 Å². The minimum Gasteiger partial charge on any atom is -0.482 e. The number of fused-ring (bicyclic) bond motifs is 1. The van der Waals surface area contributed by atoms with Crippen LogP contribution in [0, 0.1) is 0 Å². The monoisotopic (exact) mass is 248 g/mol. The number of nitrogens with zero attached hydrogens (tertiary/aromatic N) is 1. The molecule has 4 nitrogen and oxygen atoms in total. The fourth-order valence-corrected chi connectivity index (χ4v) is 2.11. The largest absolute Gasteiger partial charge is 0.482 e. The van der Waals surface area contributed by atoms with Crippen molar-refractivity contribution in [3.8, 4) is 5.75 Å². The van der Waals surface area contributed by atoms with Gasteiger partial charge >= 0.3 is 0 Å². The molecule has 98 valence electrons. The van der Waals surface area contributed by atoms with Gasteiger partial charge in [0.2, 0.25) is 0 Å². The standard InChI is InChI=1S/C14H20N2O2/c1-3-4-5-11(15)10-6-7-13-12(8-10)16(2)14(17)9-18-13/h6-8,11H,3-5,9,15H2,1-2H3. The van der Waals surface area contributed by atoms with Gasteiger partial charge in [0.25, 0.3) is 5.91 Å². The lowest BCUT2D eigenvalue weighted by Crippen LogP contribution is -2.35. The van der Waals surface area contributed by atoms with Gasteiger partial charge in [-0.3, -0.25) is 4.79 Å². The minimum atomic E-state index is -0.0261. The summed E-state index contributed by atoms with van der Waals surface area (Å²) in [6.45, 7) is 2.27. The molecule has 0 spiro atoms. The Hall–Kier alpha value is -1.55. The number of carbonyl (C=O) groups is 1. The normalized spacial score (nSPS) is 16.2. The molecule has 1 heterocycles. The predicted molar refractivity (Wildman–Crippen MR) is 71.8 cm³/mol. The van der Waals surface area contributed by atoms with Crippen LogP contribution in [0.4, 0.5) is 5.69 Å². The maximum Gasteiger partial charge on any atom is 0.264 e. The van der Waals surface area contributed by atoms with Crippen LogP contribution in [-0.2, 0) is 4.79 Å². The van der Waals surface area contributed by atoms with Crippen LogP contribution in [0.25, 0.3) is 0 Å². The fourth-order valence-electron chi connectivity index (χ4n) is 2.11. The maximum atomic E-state index is 11.6. The molecule has 1 amide bonds. The van der Waals surface area contributed by atoms with Gasteiger partial charge in [-0.2, -0.15) is 0 Å². The van der Waals surface area contributed by atoms with Crippen molar-refractivity contribution < 1.29 is 9.53 Å². The number of ether oxygens (including phenoxy) is 1. The van der Waals surface area contributed by atoms with E-state index in [1.807, 2.05) is 18.2 Å². The van der Waals surface area contributed by atoms with Crippen molar-refractivity contribution in [1.82, 2.24) is 0 Å². The SMILES string of the molecule is CCCCC(N)c1ccc2c(c1)N(C)C(=O)CO2. The van der Waals surface area contributed by atoms with Gasteiger partial charge < -0.3 is 15.4 Å². The smallest absolute Gasteiger partial charge is 0.264 e. The Balaban J connectivity index is 2.23. The summed E-state index contributed by atoms with van der Waals surface area (Å²) in [7, 11) is 1.77. The molecule has 1 atom stereocenters. The van der Waals surface area contributed by atoms with Crippen LogP contribution in [-0.4, -0.2) is 19.6 Å². The van der Waals surface area contributed by atoms with Crippen LogP contribution < -0.4 is 15.4 Å². The molecule has 1 aromatic carbocycles. The number of rotatable bonds is 4. The summed E-state index contributed by atoms with van der Waals surface area (Å²) in [6, 6.07) is 5.88. The van der Waals surface area contributed by atoms with Crippen molar-refractivity contribution in [3.05, 3.63) is 23.8 Å². The highest BCUT2D eigenvalue weighted by Gasteiger charge is 2.22. The Kier molecular flexibility index (Phi) is 3.87. The number of carbonyl (C=O) groups excluding carboxylic acids is 1. The van der Waals surface area contributed by atoms with Crippen molar-refractivity contribution in [1.29, 1.82) is 0 Å². The Morgan fingerprint density at radius 3 is 3.00 bits per heavy atom. The number of anilines is 1. The van der Waals surface area contributed by atoms with E-state index in [1.54, 1.807) is 11.9 Å². The van der Waals surface area contributed by atoms with E-state index in [4.69, 9.17) is 10.5 Å². The molecular weight excluding hydrogens is 228 g/mol. The van der Waals surface area contributed by atoms with E-state index < -0.39 is 0 Å². The molecule has 18 heavy (non-hydrogen) atoms. The molecular formula is C14H20N2O2. The number of benzene rings is 1. The average Bonchev–Trinajstić information content (AvgIpc) is 2.40. The summed E-state index contributed by atoms with van der Waals surface area (Å²) in [5.41, 5.74) is 8.03. The summed E-state index contributed by atoms with van der Waals surface area (Å²) in [6.07, 6.45) is 3.22. The summed E-state index contributed by atoms with van der Waals surface area (Å²) in [5, 5.41) is 0. The molecule has 2 rings (SSSR count). The second-order valence-electron chi connectivity index (χ2n) is 4.72. The van der Waals surface area contributed by atoms with E-state index in [2.05, 4.69) is 6.92 Å². The molecule has 0 fully saturated rings. The number of nitrogens with two attached hydrogens (primary N) is 1. The summed E-state index contributed by atoms with van der Waals surface area (Å²) >= 11 is 0. The third-order valence-corrected chi connectivity index (χ3v) is 3.37. The Morgan fingerprint density at radius 2 is 2.28 bits per heavy atom. The van der Waals surface area contributed by atoms with E-state index in [0.29, 0.717) is 0 Å². The summed E-state index contributed by atoms with van der Waals surface area (Å²) < 4.78 is 5.39. The van der Waals surface area contributed by atoms with Crippen molar-refractivity contribution in [2.75, 3.05) is 18.6 Å². The van der Waals surface area contributed by atoms with Crippen molar-refractivity contribution in [2.45, 2.75) is 32.2 Å². The highest BCUT2D eigenvalue weighted by molar-refractivity contribution is 5.97.